The van der Waals surface area contributed by atoms with Gasteiger partial charge in [-0.05, 0) is 80.5 Å². The molecule has 0 fully saturated rings. The summed E-state index contributed by atoms with van der Waals surface area (Å²) in [5.41, 5.74) is 9.05. The Morgan fingerprint density at radius 1 is 0.636 bits per heavy atom. The molecule has 0 N–H and O–H groups in total. The van der Waals surface area contributed by atoms with Crippen LogP contribution in [-0.2, 0) is 30.9 Å². The molecule has 3 heterocycles. The van der Waals surface area contributed by atoms with E-state index in [2.05, 4.69) is 75.1 Å². The minimum atomic E-state index is 0. The third kappa shape index (κ3) is 5.49. The molecule has 0 bridgehead atoms. The number of furan rings is 1. The van der Waals surface area contributed by atoms with E-state index in [1.54, 1.807) is 6.20 Å². The van der Waals surface area contributed by atoms with E-state index < -0.39 is 0 Å². The van der Waals surface area contributed by atoms with Gasteiger partial charge in [-0.15, -0.1) is 53.6 Å². The van der Waals surface area contributed by atoms with Crippen LogP contribution < -0.4 is 0 Å². The van der Waals surface area contributed by atoms with Crippen LogP contribution in [-0.4, -0.2) is 9.97 Å². The first-order valence-corrected chi connectivity index (χ1v) is 15.0. The molecule has 4 heteroatoms. The van der Waals surface area contributed by atoms with E-state index in [-0.39, 0.29) is 30.9 Å². The Kier molecular flexibility index (Phi) is 8.00. The zero-order valence-corrected chi connectivity index (χ0v) is 27.8. The second-order valence-electron chi connectivity index (χ2n) is 12.8. The van der Waals surface area contributed by atoms with Crippen molar-refractivity contribution in [2.75, 3.05) is 0 Å². The van der Waals surface area contributed by atoms with Crippen molar-refractivity contribution in [3.63, 3.8) is 0 Å². The number of benzene rings is 4. The van der Waals surface area contributed by atoms with Gasteiger partial charge in [-0.25, -0.2) is 0 Å². The fraction of sp³-hybridized carbons (Fsp3) is 0.200. The predicted molar refractivity (Wildman–Crippen MR) is 177 cm³/mol. The van der Waals surface area contributed by atoms with Gasteiger partial charge in [0.15, 0.2) is 0 Å². The molecule has 7 aromatic rings. The van der Waals surface area contributed by atoms with Crippen LogP contribution in [0.1, 0.15) is 51.7 Å². The monoisotopic (exact) mass is 751 g/mol. The molecule has 44 heavy (non-hydrogen) atoms. The number of pyridine rings is 2. The number of rotatable bonds is 2. The zero-order valence-electron chi connectivity index (χ0n) is 25.4. The summed E-state index contributed by atoms with van der Waals surface area (Å²) in [6.45, 7) is 9.49. The quantitative estimate of drug-likeness (QED) is 0.165. The molecule has 0 spiro atoms. The normalized spacial score (nSPS) is 14.8. The smallest absolute Gasteiger partial charge is 0.123 e. The number of hydrogen-bond acceptors (Lipinski definition) is 3. The fourth-order valence-electron chi connectivity index (χ4n) is 6.32. The molecule has 0 aliphatic heterocycles. The first kappa shape index (κ1) is 29.9. The molecule has 221 valence electrons. The van der Waals surface area contributed by atoms with Crippen LogP contribution in [0.3, 0.4) is 0 Å². The van der Waals surface area contributed by atoms with Gasteiger partial charge < -0.3 is 14.4 Å². The van der Waals surface area contributed by atoms with Crippen molar-refractivity contribution in [3.8, 4) is 22.5 Å². The van der Waals surface area contributed by atoms with Crippen LogP contribution in [0.2, 0.25) is 0 Å². The van der Waals surface area contributed by atoms with Crippen molar-refractivity contribution in [1.82, 2.24) is 9.97 Å². The van der Waals surface area contributed by atoms with Gasteiger partial charge in [-0.3, -0.25) is 0 Å². The van der Waals surface area contributed by atoms with Crippen LogP contribution in [0.5, 0.6) is 0 Å². The maximum Gasteiger partial charge on any atom is 0.123 e. The van der Waals surface area contributed by atoms with Crippen molar-refractivity contribution in [2.24, 2.45) is 0 Å². The third-order valence-corrected chi connectivity index (χ3v) is 8.95. The van der Waals surface area contributed by atoms with E-state index in [1.807, 2.05) is 72.9 Å². The molecular weight excluding hydrogens is 717 g/mol. The zero-order chi connectivity index (χ0) is 29.6. The van der Waals surface area contributed by atoms with Crippen molar-refractivity contribution in [2.45, 2.75) is 51.4 Å². The summed E-state index contributed by atoms with van der Waals surface area (Å²) in [5, 5.41) is 4.66. The first-order chi connectivity index (χ1) is 20.8. The summed E-state index contributed by atoms with van der Waals surface area (Å²) < 4.78 is 6.13. The minimum Gasteiger partial charge on any atom is -0.476 e. The number of para-hydroxylation sites is 1. The van der Waals surface area contributed by atoms with Gasteiger partial charge in [0.05, 0.1) is 5.58 Å². The number of fused-ring (bicyclic) bond motifs is 5. The molecule has 3 aromatic heterocycles. The molecule has 0 saturated heterocycles. The average Bonchev–Trinajstić information content (AvgIpc) is 3.41. The second-order valence-corrected chi connectivity index (χ2v) is 12.8. The molecule has 0 saturated carbocycles. The van der Waals surface area contributed by atoms with Crippen LogP contribution in [0.15, 0.2) is 114 Å². The molecule has 0 atom stereocenters. The summed E-state index contributed by atoms with van der Waals surface area (Å²) in [4.78, 5) is 9.02. The van der Waals surface area contributed by atoms with E-state index in [1.165, 1.54) is 34.7 Å². The number of nitrogens with zero attached hydrogens (tertiary/aromatic N) is 2. The van der Waals surface area contributed by atoms with Gasteiger partial charge in [0, 0.05) is 32.5 Å². The van der Waals surface area contributed by atoms with Crippen molar-refractivity contribution in [1.29, 1.82) is 0 Å². The summed E-state index contributed by atoms with van der Waals surface area (Å²) >= 11 is 0. The Balaban J connectivity index is 0.000000222. The summed E-state index contributed by atoms with van der Waals surface area (Å²) in [7, 11) is 0. The van der Waals surface area contributed by atoms with Crippen LogP contribution in [0, 0.1) is 12.1 Å². The summed E-state index contributed by atoms with van der Waals surface area (Å²) in [6.07, 6.45) is 6.12. The Labute approximate surface area is 272 Å². The maximum absolute atomic E-state index is 6.13. The molecule has 1 radical (unpaired) electrons. The molecule has 3 nitrogen and oxygen atoms in total. The van der Waals surface area contributed by atoms with Crippen molar-refractivity contribution >= 4 is 32.7 Å². The Hall–Kier alpha value is -4.11. The predicted octanol–water partition coefficient (Wildman–Crippen LogP) is 10.5. The average molecular weight is 751 g/mol. The van der Waals surface area contributed by atoms with Crippen LogP contribution in [0.25, 0.3) is 55.2 Å². The van der Waals surface area contributed by atoms with E-state index in [0.29, 0.717) is 0 Å². The van der Waals surface area contributed by atoms with E-state index in [4.69, 9.17) is 9.40 Å². The Morgan fingerprint density at radius 2 is 1.39 bits per heavy atom. The number of aromatic nitrogens is 2. The van der Waals surface area contributed by atoms with E-state index in [9.17, 15) is 0 Å². The largest absolute Gasteiger partial charge is 0.476 e. The maximum atomic E-state index is 6.13. The first-order valence-electron chi connectivity index (χ1n) is 15.0. The molecule has 4 aromatic carbocycles. The molecule has 0 amide bonds. The van der Waals surface area contributed by atoms with E-state index in [0.717, 1.165) is 44.5 Å². The van der Waals surface area contributed by atoms with Crippen molar-refractivity contribution in [3.05, 3.63) is 133 Å². The van der Waals surface area contributed by atoms with Gasteiger partial charge in [-0.1, -0.05) is 81.6 Å². The standard InChI is InChI=1S/C29H26NO.C11H8N.Ir/c1-28(2)12-13-29(3,4)24-17-22-18(15-23(24)28)11-14-30-27(22)19-9-10-21-20-7-5-6-8-25(20)31-26(21)16-19;1-2-6-10(7-3-1)11-8-4-5-9-12-11;/h5-8,10-11,14-17H,12-13H2,1-4H3;1-6,8-9H;/q2*-1;. The summed E-state index contributed by atoms with van der Waals surface area (Å²) in [5.74, 6) is 0. The molecule has 1 aliphatic rings. The minimum absolute atomic E-state index is 0. The fourth-order valence-corrected chi connectivity index (χ4v) is 6.32. The topological polar surface area (TPSA) is 38.9 Å². The SMILES string of the molecule is CC1(C)CCC(C)(C)c2cc3c(-c4[c-]cc5c(c4)oc4ccccc45)nccc3cc21.[Ir].[c-]1ccccc1-c1ccccn1. The molecule has 0 unspecified atom stereocenters. The second kappa shape index (κ2) is 11.8. The van der Waals surface area contributed by atoms with Gasteiger partial charge in [0.2, 0.25) is 0 Å². The van der Waals surface area contributed by atoms with Crippen LogP contribution in [0.4, 0.5) is 0 Å². The molecular formula is C40H34IrN2O-2. The Morgan fingerprint density at radius 3 is 2.14 bits per heavy atom. The van der Waals surface area contributed by atoms with Gasteiger partial charge in [0.1, 0.15) is 5.58 Å². The van der Waals surface area contributed by atoms with Crippen LogP contribution >= 0.6 is 0 Å². The Bertz CT molecular complexity index is 2040. The third-order valence-electron chi connectivity index (χ3n) is 8.95. The summed E-state index contributed by atoms with van der Waals surface area (Å²) in [6, 6.07) is 39.5. The van der Waals surface area contributed by atoms with Gasteiger partial charge in [-0.2, -0.15) is 0 Å². The van der Waals surface area contributed by atoms with E-state index >= 15 is 0 Å². The van der Waals surface area contributed by atoms with Gasteiger partial charge >= 0.3 is 0 Å². The number of hydrogen-bond donors (Lipinski definition) is 0. The van der Waals surface area contributed by atoms with Gasteiger partial charge in [0.25, 0.3) is 0 Å². The van der Waals surface area contributed by atoms with Crippen molar-refractivity contribution < 1.29 is 24.5 Å². The molecule has 1 aliphatic carbocycles. The molecule has 8 rings (SSSR count).